The second-order valence-corrected chi connectivity index (χ2v) is 8.12. The summed E-state index contributed by atoms with van der Waals surface area (Å²) < 4.78 is 12.3. The van der Waals surface area contributed by atoms with Gasteiger partial charge >= 0.3 is 0 Å². The molecule has 0 aliphatic carbocycles. The van der Waals surface area contributed by atoms with Crippen LogP contribution in [0.15, 0.2) is 72.1 Å². The van der Waals surface area contributed by atoms with Crippen LogP contribution >= 0.6 is 23.4 Å². The van der Waals surface area contributed by atoms with Crippen molar-refractivity contribution in [3.05, 3.63) is 72.0 Å². The van der Waals surface area contributed by atoms with Crippen molar-refractivity contribution in [1.82, 2.24) is 19.7 Å². The van der Waals surface area contributed by atoms with Crippen LogP contribution < -0.4 is 14.8 Å². The Morgan fingerprint density at radius 3 is 2.58 bits per heavy atom. The topological polar surface area (TPSA) is 91.2 Å². The van der Waals surface area contributed by atoms with Gasteiger partial charge in [-0.1, -0.05) is 23.4 Å². The van der Waals surface area contributed by atoms with Crippen molar-refractivity contribution in [3.8, 4) is 28.6 Å². The lowest BCUT2D eigenvalue weighted by atomic mass is 10.2. The third-order valence-corrected chi connectivity index (χ3v) is 5.88. The number of aromatic nitrogens is 4. The summed E-state index contributed by atoms with van der Waals surface area (Å²) in [5.41, 5.74) is 2.23. The van der Waals surface area contributed by atoms with Crippen LogP contribution in [0.5, 0.6) is 11.5 Å². The van der Waals surface area contributed by atoms with E-state index in [2.05, 4.69) is 20.5 Å². The zero-order valence-corrected chi connectivity index (χ0v) is 19.4. The standard InChI is InChI=1S/C23H20ClN5O3S/c1-31-18-8-6-17(7-9-18)29-22(15-4-3-11-25-13-15)27-28-23(29)33-14-21(30)26-16-5-10-20(32-2)19(24)12-16/h3-13H,14H2,1-2H3,(H,26,30). The molecule has 168 valence electrons. The number of carbonyl (C=O) groups excluding carboxylic acids is 1. The second-order valence-electron chi connectivity index (χ2n) is 6.77. The van der Waals surface area contributed by atoms with Crippen LogP contribution in [0.4, 0.5) is 5.69 Å². The summed E-state index contributed by atoms with van der Waals surface area (Å²) >= 11 is 7.41. The number of rotatable bonds is 8. The fourth-order valence-corrected chi connectivity index (χ4v) is 4.09. The fourth-order valence-electron chi connectivity index (χ4n) is 3.08. The second kappa shape index (κ2) is 10.4. The quantitative estimate of drug-likeness (QED) is 0.364. The van der Waals surface area contributed by atoms with Crippen molar-refractivity contribution in [2.45, 2.75) is 5.16 Å². The van der Waals surface area contributed by atoms with Gasteiger partial charge in [-0.15, -0.1) is 10.2 Å². The molecule has 2 aromatic carbocycles. The highest BCUT2D eigenvalue weighted by molar-refractivity contribution is 7.99. The first-order chi connectivity index (χ1) is 16.1. The van der Waals surface area contributed by atoms with Gasteiger partial charge in [0.05, 0.1) is 25.0 Å². The summed E-state index contributed by atoms with van der Waals surface area (Å²) in [4.78, 5) is 16.8. The number of hydrogen-bond acceptors (Lipinski definition) is 7. The highest BCUT2D eigenvalue weighted by Gasteiger charge is 2.18. The third-order valence-electron chi connectivity index (χ3n) is 4.65. The Morgan fingerprint density at radius 2 is 1.91 bits per heavy atom. The number of nitrogens with zero attached hydrogens (tertiary/aromatic N) is 4. The Hall–Kier alpha value is -3.56. The average molecular weight is 482 g/mol. The molecule has 0 spiro atoms. The van der Waals surface area contributed by atoms with E-state index in [1.54, 1.807) is 37.7 Å². The highest BCUT2D eigenvalue weighted by atomic mass is 35.5. The molecule has 33 heavy (non-hydrogen) atoms. The molecule has 0 saturated carbocycles. The van der Waals surface area contributed by atoms with Gasteiger partial charge in [0.1, 0.15) is 11.5 Å². The molecule has 4 aromatic rings. The van der Waals surface area contributed by atoms with Gasteiger partial charge in [0, 0.05) is 29.3 Å². The first-order valence-corrected chi connectivity index (χ1v) is 11.2. The van der Waals surface area contributed by atoms with E-state index < -0.39 is 0 Å². The molecule has 0 saturated heterocycles. The van der Waals surface area contributed by atoms with E-state index in [9.17, 15) is 4.79 Å². The number of amides is 1. The van der Waals surface area contributed by atoms with E-state index in [0.717, 1.165) is 17.0 Å². The van der Waals surface area contributed by atoms with E-state index in [4.69, 9.17) is 21.1 Å². The number of pyridine rings is 1. The van der Waals surface area contributed by atoms with Gasteiger partial charge in [-0.3, -0.25) is 14.3 Å². The molecule has 0 unspecified atom stereocenters. The molecule has 1 N–H and O–H groups in total. The molecule has 0 fully saturated rings. The maximum Gasteiger partial charge on any atom is 0.234 e. The lowest BCUT2D eigenvalue weighted by Gasteiger charge is -2.11. The van der Waals surface area contributed by atoms with Crippen molar-refractivity contribution in [3.63, 3.8) is 0 Å². The maximum atomic E-state index is 12.6. The van der Waals surface area contributed by atoms with Crippen LogP contribution in [-0.4, -0.2) is 45.6 Å². The Labute approximate surface area is 199 Å². The first-order valence-electron chi connectivity index (χ1n) is 9.85. The molecule has 10 heteroatoms. The van der Waals surface area contributed by atoms with Gasteiger partial charge in [0.25, 0.3) is 0 Å². The SMILES string of the molecule is COc1ccc(-n2c(SCC(=O)Nc3ccc(OC)c(Cl)c3)nnc2-c2cccnc2)cc1. The summed E-state index contributed by atoms with van der Waals surface area (Å²) in [7, 11) is 3.15. The van der Waals surface area contributed by atoms with E-state index >= 15 is 0 Å². The van der Waals surface area contributed by atoms with E-state index in [0.29, 0.717) is 27.4 Å². The Morgan fingerprint density at radius 1 is 1.09 bits per heavy atom. The summed E-state index contributed by atoms with van der Waals surface area (Å²) in [6.07, 6.45) is 3.42. The van der Waals surface area contributed by atoms with Crippen LogP contribution in [0.25, 0.3) is 17.1 Å². The maximum absolute atomic E-state index is 12.6. The van der Waals surface area contributed by atoms with Crippen molar-refractivity contribution in [2.75, 3.05) is 25.3 Å². The molecule has 1 amide bonds. The van der Waals surface area contributed by atoms with Gasteiger partial charge in [-0.25, -0.2) is 0 Å². The molecule has 8 nitrogen and oxygen atoms in total. The minimum absolute atomic E-state index is 0.130. The average Bonchev–Trinajstić information content (AvgIpc) is 3.27. The molecular weight excluding hydrogens is 462 g/mol. The number of anilines is 1. The Kier molecular flexibility index (Phi) is 7.11. The summed E-state index contributed by atoms with van der Waals surface area (Å²) in [6.45, 7) is 0. The Balaban J connectivity index is 1.56. The fraction of sp³-hybridized carbons (Fsp3) is 0.130. The van der Waals surface area contributed by atoms with Crippen molar-refractivity contribution < 1.29 is 14.3 Å². The summed E-state index contributed by atoms with van der Waals surface area (Å²) in [5.74, 6) is 1.83. The lowest BCUT2D eigenvalue weighted by Crippen LogP contribution is -2.14. The van der Waals surface area contributed by atoms with Crippen LogP contribution in [-0.2, 0) is 4.79 Å². The van der Waals surface area contributed by atoms with Gasteiger partial charge in [-0.2, -0.15) is 0 Å². The molecule has 4 rings (SSSR count). The molecule has 2 aromatic heterocycles. The van der Waals surface area contributed by atoms with Gasteiger partial charge < -0.3 is 14.8 Å². The number of carbonyl (C=O) groups is 1. The number of halogens is 1. The summed E-state index contributed by atoms with van der Waals surface area (Å²) in [6, 6.07) is 16.3. The molecule has 0 radical (unpaired) electrons. The minimum Gasteiger partial charge on any atom is -0.497 e. The van der Waals surface area contributed by atoms with E-state index in [-0.39, 0.29) is 11.7 Å². The first kappa shape index (κ1) is 22.6. The van der Waals surface area contributed by atoms with Crippen molar-refractivity contribution in [1.29, 1.82) is 0 Å². The van der Waals surface area contributed by atoms with Crippen LogP contribution in [0.3, 0.4) is 0 Å². The predicted molar refractivity (Wildman–Crippen MR) is 128 cm³/mol. The number of methoxy groups -OCH3 is 2. The van der Waals surface area contributed by atoms with Crippen molar-refractivity contribution in [2.24, 2.45) is 0 Å². The van der Waals surface area contributed by atoms with E-state index in [1.165, 1.54) is 18.9 Å². The number of nitrogens with one attached hydrogen (secondary N) is 1. The minimum atomic E-state index is -0.201. The largest absolute Gasteiger partial charge is 0.497 e. The van der Waals surface area contributed by atoms with Gasteiger partial charge in [-0.05, 0) is 54.6 Å². The molecule has 0 atom stereocenters. The van der Waals surface area contributed by atoms with Crippen molar-refractivity contribution >= 4 is 35.0 Å². The normalized spacial score (nSPS) is 10.6. The predicted octanol–water partition coefficient (Wildman–Crippen LogP) is 4.73. The molecule has 2 heterocycles. The van der Waals surface area contributed by atoms with E-state index in [1.807, 2.05) is 41.0 Å². The number of thioether (sulfide) groups is 1. The highest BCUT2D eigenvalue weighted by Crippen LogP contribution is 2.30. The van der Waals surface area contributed by atoms with Gasteiger partial charge in [0.2, 0.25) is 5.91 Å². The van der Waals surface area contributed by atoms with Crippen LogP contribution in [0.1, 0.15) is 0 Å². The zero-order chi connectivity index (χ0) is 23.2. The molecule has 0 aliphatic rings. The molecule has 0 aliphatic heterocycles. The van der Waals surface area contributed by atoms with Crippen LogP contribution in [0.2, 0.25) is 5.02 Å². The van der Waals surface area contributed by atoms with Crippen LogP contribution in [0, 0.1) is 0 Å². The number of ether oxygens (including phenoxy) is 2. The zero-order valence-electron chi connectivity index (χ0n) is 17.9. The Bertz CT molecular complexity index is 1250. The monoisotopic (exact) mass is 481 g/mol. The number of hydrogen-bond donors (Lipinski definition) is 1. The summed E-state index contributed by atoms with van der Waals surface area (Å²) in [5, 5.41) is 12.5. The molecule has 0 bridgehead atoms. The van der Waals surface area contributed by atoms with Gasteiger partial charge in [0.15, 0.2) is 11.0 Å². The smallest absolute Gasteiger partial charge is 0.234 e. The lowest BCUT2D eigenvalue weighted by molar-refractivity contribution is -0.113. The third kappa shape index (κ3) is 5.27. The number of benzene rings is 2. The molecular formula is C23H20ClN5O3S.